The van der Waals surface area contributed by atoms with Crippen molar-refractivity contribution in [1.82, 2.24) is 19.9 Å². The molecular weight excluding hydrogens is 512 g/mol. The molecule has 0 saturated heterocycles. The molecule has 0 aliphatic carbocycles. The fraction of sp³-hybridized carbons (Fsp3) is 0.353. The standard InChI is InChI=1S/C7H12O4.C5H6N2O2S.C4H4N2O2S.CH4N2S/c1-3-10-6(8)5-7(9)11-4-2;1-10-5-6-3(8)2-4(9)7-5;7-2-1-3(8)6-4(9)5-2;2-1(3)4/h3-5H2,1-2H3;2H,1H3,(H2,6,7,8,9);1H,(H3,5,6,7,8,9);(H4,2,3,4). The molecule has 0 aliphatic rings. The van der Waals surface area contributed by atoms with Crippen LogP contribution in [0.3, 0.4) is 0 Å². The molecule has 0 aromatic carbocycles. The Balaban J connectivity index is 0. The lowest BCUT2D eigenvalue weighted by atomic mass is 10.4. The van der Waals surface area contributed by atoms with E-state index in [9.17, 15) is 19.2 Å². The number of hydrogen-bond donors (Lipinski definition) is 7. The first-order valence-electron chi connectivity index (χ1n) is 9.07. The van der Waals surface area contributed by atoms with E-state index in [1.165, 1.54) is 11.8 Å². The van der Waals surface area contributed by atoms with Gasteiger partial charge in [-0.15, -0.1) is 0 Å². The van der Waals surface area contributed by atoms with Gasteiger partial charge in [-0.1, -0.05) is 11.8 Å². The second-order valence-corrected chi connectivity index (χ2v) is 6.95. The van der Waals surface area contributed by atoms with Gasteiger partial charge in [-0.25, -0.2) is 0 Å². The average molecular weight is 539 g/mol. The van der Waals surface area contributed by atoms with E-state index in [2.05, 4.69) is 65.3 Å². The van der Waals surface area contributed by atoms with Crippen molar-refractivity contribution in [3.63, 3.8) is 0 Å². The van der Waals surface area contributed by atoms with Gasteiger partial charge in [0.2, 0.25) is 5.88 Å². The molecule has 0 spiro atoms. The number of H-pyrrole nitrogens is 3. The SMILES string of the molecule is CCOC(=O)CC(=O)OCC.CSc1nc(O)cc(=O)[nH]1.NC(N)=S.O=c1cc(O)[nH]c(=S)[nH]1. The Kier molecular flexibility index (Phi) is 18.4. The molecule has 9 N–H and O–H groups in total. The van der Waals surface area contributed by atoms with Crippen LogP contribution in [0.2, 0.25) is 0 Å². The van der Waals surface area contributed by atoms with Crippen molar-refractivity contribution < 1.29 is 29.3 Å². The summed E-state index contributed by atoms with van der Waals surface area (Å²) < 4.78 is 9.16. The number of aromatic nitrogens is 4. The number of thioether (sulfide) groups is 1. The third kappa shape index (κ3) is 20.5. The molecule has 14 nitrogen and oxygen atoms in total. The number of nitrogens with one attached hydrogen (secondary N) is 3. The fourth-order valence-electron chi connectivity index (χ4n) is 1.52. The largest absolute Gasteiger partial charge is 0.494 e. The van der Waals surface area contributed by atoms with Gasteiger partial charge in [0.15, 0.2) is 20.9 Å². The highest BCUT2D eigenvalue weighted by Gasteiger charge is 2.09. The minimum absolute atomic E-state index is 0.000000000000000222. The van der Waals surface area contributed by atoms with Gasteiger partial charge in [-0.2, -0.15) is 4.98 Å². The minimum Gasteiger partial charge on any atom is -0.494 e. The summed E-state index contributed by atoms with van der Waals surface area (Å²) in [6.07, 6.45) is 1.47. The zero-order chi connectivity index (χ0) is 26.7. The summed E-state index contributed by atoms with van der Waals surface area (Å²) in [5.74, 6) is -1.53. The fourth-order valence-corrected chi connectivity index (χ4v) is 2.11. The molecule has 34 heavy (non-hydrogen) atoms. The molecule has 0 amide bonds. The number of nitrogens with two attached hydrogens (primary N) is 2. The van der Waals surface area contributed by atoms with Crippen molar-refractivity contribution in [2.24, 2.45) is 11.5 Å². The van der Waals surface area contributed by atoms with Gasteiger partial charge in [0.1, 0.15) is 6.42 Å². The first kappa shape index (κ1) is 32.7. The van der Waals surface area contributed by atoms with Crippen LogP contribution in [0, 0.1) is 4.77 Å². The lowest BCUT2D eigenvalue weighted by molar-refractivity contribution is -0.153. The van der Waals surface area contributed by atoms with Gasteiger partial charge in [-0.3, -0.25) is 24.2 Å². The number of rotatable bonds is 5. The lowest BCUT2D eigenvalue weighted by Crippen LogP contribution is -2.18. The number of carbonyl (C=O) groups is 2. The highest BCUT2D eigenvalue weighted by molar-refractivity contribution is 7.98. The monoisotopic (exact) mass is 538 g/mol. The van der Waals surface area contributed by atoms with Crippen LogP contribution < -0.4 is 22.6 Å². The van der Waals surface area contributed by atoms with Crippen molar-refractivity contribution in [2.75, 3.05) is 19.5 Å². The van der Waals surface area contributed by atoms with E-state index in [4.69, 9.17) is 10.2 Å². The summed E-state index contributed by atoms with van der Waals surface area (Å²) in [6.45, 7) is 3.95. The van der Waals surface area contributed by atoms with Gasteiger partial charge in [-0.05, 0) is 44.5 Å². The number of carbonyl (C=O) groups excluding carboxylic acids is 2. The molecule has 2 aromatic heterocycles. The number of aromatic amines is 3. The molecular formula is C17H26N6O8S3. The quantitative estimate of drug-likeness (QED) is 0.0873. The molecule has 0 bridgehead atoms. The van der Waals surface area contributed by atoms with Crippen molar-refractivity contribution in [2.45, 2.75) is 25.4 Å². The smallest absolute Gasteiger partial charge is 0.317 e. The van der Waals surface area contributed by atoms with Crippen LogP contribution in [0.1, 0.15) is 20.3 Å². The summed E-state index contributed by atoms with van der Waals surface area (Å²) in [5, 5.41) is 17.9. The molecule has 17 heteroatoms. The van der Waals surface area contributed by atoms with E-state index in [1.807, 2.05) is 0 Å². The van der Waals surface area contributed by atoms with Crippen LogP contribution in [-0.2, 0) is 19.1 Å². The third-order valence-corrected chi connectivity index (χ3v) is 3.33. The highest BCUT2D eigenvalue weighted by atomic mass is 32.2. The van der Waals surface area contributed by atoms with E-state index < -0.39 is 17.5 Å². The van der Waals surface area contributed by atoms with E-state index >= 15 is 0 Å². The molecule has 190 valence electrons. The molecule has 0 radical (unpaired) electrons. The first-order chi connectivity index (χ1) is 15.8. The van der Waals surface area contributed by atoms with Crippen molar-refractivity contribution >= 4 is 53.2 Å². The van der Waals surface area contributed by atoms with Gasteiger partial charge in [0.25, 0.3) is 11.1 Å². The summed E-state index contributed by atoms with van der Waals surface area (Å²) in [6, 6.07) is 2.04. The predicted octanol–water partition coefficient (Wildman–Crippen LogP) is 0.0269. The second kappa shape index (κ2) is 19.1. The van der Waals surface area contributed by atoms with Crippen LogP contribution in [0.25, 0.3) is 0 Å². The van der Waals surface area contributed by atoms with E-state index in [0.717, 1.165) is 12.1 Å². The lowest BCUT2D eigenvalue weighted by Gasteiger charge is -2.00. The minimum atomic E-state index is -0.536. The van der Waals surface area contributed by atoms with Crippen LogP contribution in [0.15, 0.2) is 26.9 Å². The van der Waals surface area contributed by atoms with Crippen LogP contribution in [-0.4, -0.2) is 66.7 Å². The van der Waals surface area contributed by atoms with Crippen molar-refractivity contribution in [3.8, 4) is 11.8 Å². The molecule has 0 atom stereocenters. The number of thiocarbonyl (C=S) groups is 1. The number of hydrogen-bond acceptors (Lipinski definition) is 12. The van der Waals surface area contributed by atoms with E-state index in [-0.39, 0.29) is 46.8 Å². The van der Waals surface area contributed by atoms with Crippen LogP contribution in [0.5, 0.6) is 11.8 Å². The summed E-state index contributed by atoms with van der Waals surface area (Å²) >= 11 is 9.88. The van der Waals surface area contributed by atoms with Crippen LogP contribution >= 0.6 is 36.2 Å². The Hall–Kier alpha value is -3.44. The number of nitrogens with zero attached hydrogens (tertiary/aromatic N) is 1. The maximum absolute atomic E-state index is 10.6. The zero-order valence-corrected chi connectivity index (χ0v) is 20.9. The summed E-state index contributed by atoms with van der Waals surface area (Å²) in [7, 11) is 0. The van der Waals surface area contributed by atoms with Crippen molar-refractivity contribution in [1.29, 1.82) is 0 Å². The Labute approximate surface area is 208 Å². The molecule has 0 fully saturated rings. The molecule has 2 rings (SSSR count). The first-order valence-corrected chi connectivity index (χ1v) is 11.1. The average Bonchev–Trinajstić information content (AvgIpc) is 2.67. The third-order valence-electron chi connectivity index (χ3n) is 2.55. The molecule has 2 heterocycles. The van der Waals surface area contributed by atoms with Crippen LogP contribution in [0.4, 0.5) is 0 Å². The molecule has 2 aromatic rings. The maximum atomic E-state index is 10.6. The van der Waals surface area contributed by atoms with E-state index in [0.29, 0.717) is 5.16 Å². The molecule has 0 aliphatic heterocycles. The van der Waals surface area contributed by atoms with Gasteiger partial charge < -0.3 is 41.1 Å². The predicted molar refractivity (Wildman–Crippen MR) is 131 cm³/mol. The maximum Gasteiger partial charge on any atom is 0.317 e. The Morgan fingerprint density at radius 3 is 1.85 bits per heavy atom. The van der Waals surface area contributed by atoms with Gasteiger partial charge in [0.05, 0.1) is 25.3 Å². The number of aromatic hydroxyl groups is 2. The Bertz CT molecular complexity index is 1040. The zero-order valence-electron chi connectivity index (χ0n) is 18.4. The summed E-state index contributed by atoms with van der Waals surface area (Å²) in [5.41, 5.74) is 8.50. The number of ether oxygens (including phenoxy) is 2. The number of esters is 2. The Morgan fingerprint density at radius 1 is 1.03 bits per heavy atom. The summed E-state index contributed by atoms with van der Waals surface area (Å²) in [4.78, 5) is 52.9. The van der Waals surface area contributed by atoms with E-state index in [1.54, 1.807) is 20.1 Å². The van der Waals surface area contributed by atoms with Crippen molar-refractivity contribution in [3.05, 3.63) is 37.6 Å². The second-order valence-electron chi connectivity index (χ2n) is 5.28. The van der Waals surface area contributed by atoms with Gasteiger partial charge in [0, 0.05) is 0 Å². The normalized spacial score (nSPS) is 8.91. The van der Waals surface area contributed by atoms with Gasteiger partial charge >= 0.3 is 11.9 Å². The Morgan fingerprint density at radius 2 is 1.50 bits per heavy atom. The topological polar surface area (TPSA) is 240 Å². The highest BCUT2D eigenvalue weighted by Crippen LogP contribution is 2.07. The molecule has 0 saturated carbocycles. The molecule has 0 unspecified atom stereocenters.